The minimum atomic E-state index is -1.62. The van der Waals surface area contributed by atoms with Gasteiger partial charge in [0.1, 0.15) is 0 Å². The second-order valence-electron chi connectivity index (χ2n) is 5.19. The summed E-state index contributed by atoms with van der Waals surface area (Å²) in [5.74, 6) is -4.76. The number of carboxylic acid groups (broad SMARTS) is 2. The number of carbonyl (C=O) groups excluding carboxylic acids is 2. The van der Waals surface area contributed by atoms with Crippen LogP contribution in [0.25, 0.3) is 0 Å². The fraction of sp³-hybridized carbons (Fsp3) is 0.875. The van der Waals surface area contributed by atoms with E-state index in [0.29, 0.717) is 0 Å². The first-order valence-electron chi connectivity index (χ1n) is 7.89. The maximum Gasteiger partial charge on any atom is 2.00 e. The molecule has 0 aliphatic carbocycles. The molecule has 0 amide bonds. The standard InChI is InChI=1S/C12H26.C4H6O4.Mg/c1-3-5-7-9-11-12-10-8-6-4-2;1-2(3(5)6)4(7)8;/h3-12H2,1-2H3;2H,1H3,(H,5,6)(H,7,8);/q;;+2/p-2. The molecule has 0 rings (SSSR count). The van der Waals surface area contributed by atoms with Crippen molar-refractivity contribution in [2.24, 2.45) is 5.92 Å². The van der Waals surface area contributed by atoms with E-state index < -0.39 is 17.9 Å². The summed E-state index contributed by atoms with van der Waals surface area (Å²) < 4.78 is 0. The summed E-state index contributed by atoms with van der Waals surface area (Å²) in [6, 6.07) is 0. The van der Waals surface area contributed by atoms with E-state index in [4.69, 9.17) is 0 Å². The van der Waals surface area contributed by atoms with E-state index in [2.05, 4.69) is 13.8 Å². The molecule has 21 heavy (non-hydrogen) atoms. The Kier molecular flexibility index (Phi) is 24.1. The van der Waals surface area contributed by atoms with Gasteiger partial charge in [-0.05, 0) is 0 Å². The molecule has 0 saturated carbocycles. The molecule has 0 aromatic rings. The first-order valence-corrected chi connectivity index (χ1v) is 7.89. The van der Waals surface area contributed by atoms with Gasteiger partial charge in [0.05, 0.1) is 0 Å². The summed E-state index contributed by atoms with van der Waals surface area (Å²) in [7, 11) is 0. The van der Waals surface area contributed by atoms with Crippen LogP contribution in [0, 0.1) is 5.92 Å². The second-order valence-corrected chi connectivity index (χ2v) is 5.19. The van der Waals surface area contributed by atoms with Crippen molar-refractivity contribution >= 4 is 35.0 Å². The van der Waals surface area contributed by atoms with Gasteiger partial charge in [-0.3, -0.25) is 0 Å². The quantitative estimate of drug-likeness (QED) is 0.330. The average molecular weight is 311 g/mol. The summed E-state index contributed by atoms with van der Waals surface area (Å²) in [5.41, 5.74) is 0. The van der Waals surface area contributed by atoms with Gasteiger partial charge in [-0.1, -0.05) is 85.0 Å². The molecule has 0 radical (unpaired) electrons. The van der Waals surface area contributed by atoms with Crippen LogP contribution in [0.15, 0.2) is 0 Å². The topological polar surface area (TPSA) is 80.3 Å². The molecule has 0 atom stereocenters. The Morgan fingerprint density at radius 2 is 0.952 bits per heavy atom. The summed E-state index contributed by atoms with van der Waals surface area (Å²) in [6.45, 7) is 5.55. The van der Waals surface area contributed by atoms with Crippen LogP contribution < -0.4 is 10.2 Å². The molecule has 0 N–H and O–H groups in total. The van der Waals surface area contributed by atoms with Crippen molar-refractivity contribution in [1.82, 2.24) is 0 Å². The number of rotatable bonds is 11. The van der Waals surface area contributed by atoms with Crippen LogP contribution in [-0.2, 0) is 9.59 Å². The summed E-state index contributed by atoms with van der Waals surface area (Å²) in [4.78, 5) is 19.2. The third kappa shape index (κ3) is 22.1. The van der Waals surface area contributed by atoms with Gasteiger partial charge in [-0.2, -0.15) is 0 Å². The van der Waals surface area contributed by atoms with Gasteiger partial charge < -0.3 is 19.8 Å². The van der Waals surface area contributed by atoms with Crippen molar-refractivity contribution in [2.45, 2.75) is 85.0 Å². The van der Waals surface area contributed by atoms with Crippen molar-refractivity contribution < 1.29 is 19.8 Å². The molecule has 0 heterocycles. The summed E-state index contributed by atoms with van der Waals surface area (Å²) in [5, 5.41) is 19.2. The summed E-state index contributed by atoms with van der Waals surface area (Å²) >= 11 is 0. The maximum atomic E-state index is 9.61. The predicted molar refractivity (Wildman–Crippen MR) is 82.5 cm³/mol. The Bertz CT molecular complexity index is 220. The fourth-order valence-electron chi connectivity index (χ4n) is 1.66. The zero-order chi connectivity index (χ0) is 15.8. The smallest absolute Gasteiger partial charge is 0.549 e. The number of aliphatic carboxylic acids is 2. The Hall–Kier alpha value is -0.294. The second kappa shape index (κ2) is 19.7. The predicted octanol–water partition coefficient (Wildman–Crippen LogP) is 1.67. The minimum absolute atomic E-state index is 0. The van der Waals surface area contributed by atoms with E-state index in [1.165, 1.54) is 64.2 Å². The van der Waals surface area contributed by atoms with E-state index in [0.717, 1.165) is 6.92 Å². The molecule has 0 aromatic heterocycles. The van der Waals surface area contributed by atoms with E-state index >= 15 is 0 Å². The van der Waals surface area contributed by atoms with Crippen LogP contribution in [0.5, 0.6) is 0 Å². The van der Waals surface area contributed by atoms with E-state index in [1.54, 1.807) is 0 Å². The number of unbranched alkanes of at least 4 members (excludes halogenated alkanes) is 9. The van der Waals surface area contributed by atoms with Crippen molar-refractivity contribution in [1.29, 1.82) is 0 Å². The number of hydrogen-bond donors (Lipinski definition) is 0. The number of hydrogen-bond acceptors (Lipinski definition) is 4. The number of carbonyl (C=O) groups is 2. The minimum Gasteiger partial charge on any atom is -0.549 e. The monoisotopic (exact) mass is 310 g/mol. The molecule has 0 fully saturated rings. The van der Waals surface area contributed by atoms with Crippen molar-refractivity contribution in [3.8, 4) is 0 Å². The molecule has 0 bridgehead atoms. The van der Waals surface area contributed by atoms with Gasteiger partial charge in [-0.15, -0.1) is 0 Å². The van der Waals surface area contributed by atoms with Crippen LogP contribution in [0.1, 0.15) is 85.0 Å². The van der Waals surface area contributed by atoms with Crippen LogP contribution in [-0.4, -0.2) is 35.0 Å². The van der Waals surface area contributed by atoms with Crippen LogP contribution in [0.4, 0.5) is 0 Å². The largest absolute Gasteiger partial charge is 2.00 e. The van der Waals surface area contributed by atoms with Crippen LogP contribution >= 0.6 is 0 Å². The Morgan fingerprint density at radius 1 is 0.714 bits per heavy atom. The molecule has 0 aliphatic rings. The molecule has 0 aromatic carbocycles. The molecule has 0 aliphatic heterocycles. The van der Waals surface area contributed by atoms with Crippen molar-refractivity contribution in [3.63, 3.8) is 0 Å². The van der Waals surface area contributed by atoms with Gasteiger partial charge in [0.15, 0.2) is 0 Å². The number of carboxylic acids is 2. The SMILES string of the molecule is CC(C(=O)[O-])C(=O)[O-].CCCCCCCCCCCC.[Mg+2]. The summed E-state index contributed by atoms with van der Waals surface area (Å²) in [6.07, 6.45) is 14.4. The molecular formula is C16H30MgO4. The van der Waals surface area contributed by atoms with Crippen LogP contribution in [0.3, 0.4) is 0 Å². The average Bonchev–Trinajstić information content (AvgIpc) is 2.41. The molecule has 0 spiro atoms. The maximum absolute atomic E-state index is 9.61. The van der Waals surface area contributed by atoms with Gasteiger partial charge in [0, 0.05) is 17.9 Å². The van der Waals surface area contributed by atoms with E-state index in [1.807, 2.05) is 0 Å². The van der Waals surface area contributed by atoms with Crippen molar-refractivity contribution in [3.05, 3.63) is 0 Å². The third-order valence-corrected chi connectivity index (χ3v) is 3.16. The van der Waals surface area contributed by atoms with E-state index in [9.17, 15) is 19.8 Å². The van der Waals surface area contributed by atoms with Gasteiger partial charge in [0.2, 0.25) is 0 Å². The van der Waals surface area contributed by atoms with Crippen molar-refractivity contribution in [2.75, 3.05) is 0 Å². The normalized spacial score (nSPS) is 9.52. The first kappa shape index (κ1) is 25.6. The first-order chi connectivity index (χ1) is 9.47. The molecule has 4 nitrogen and oxygen atoms in total. The fourth-order valence-corrected chi connectivity index (χ4v) is 1.66. The molecule has 120 valence electrons. The van der Waals surface area contributed by atoms with Crippen LogP contribution in [0.2, 0.25) is 0 Å². The molecule has 0 saturated heterocycles. The Morgan fingerprint density at radius 3 is 1.10 bits per heavy atom. The Balaban J connectivity index is -0.000000317. The molecular weight excluding hydrogens is 280 g/mol. The van der Waals surface area contributed by atoms with Gasteiger partial charge in [-0.25, -0.2) is 0 Å². The molecule has 0 unspecified atom stereocenters. The molecule has 5 heteroatoms. The third-order valence-electron chi connectivity index (χ3n) is 3.16. The zero-order valence-electron chi connectivity index (χ0n) is 14.0. The van der Waals surface area contributed by atoms with Gasteiger partial charge in [0.25, 0.3) is 0 Å². The van der Waals surface area contributed by atoms with Gasteiger partial charge >= 0.3 is 23.1 Å². The Labute approximate surface area is 145 Å². The zero-order valence-corrected chi connectivity index (χ0v) is 15.4. The van der Waals surface area contributed by atoms with E-state index in [-0.39, 0.29) is 23.1 Å².